The van der Waals surface area contributed by atoms with Crippen molar-refractivity contribution in [2.45, 2.75) is 49.0 Å². The predicted octanol–water partition coefficient (Wildman–Crippen LogP) is 7.30. The second kappa shape index (κ2) is 44.0. The van der Waals surface area contributed by atoms with Crippen LogP contribution in [0.15, 0.2) is 73.9 Å². The van der Waals surface area contributed by atoms with Gasteiger partial charge < -0.3 is 0 Å². The van der Waals surface area contributed by atoms with Gasteiger partial charge in [-0.25, -0.2) is 0 Å². The fourth-order valence-corrected chi connectivity index (χ4v) is 0.507. The van der Waals surface area contributed by atoms with E-state index in [1.54, 1.807) is 18.2 Å². The monoisotopic (exact) mass is 264 g/mol. The molecule has 0 heteroatoms. The van der Waals surface area contributed by atoms with E-state index in [1.165, 1.54) is 0 Å². The lowest BCUT2D eigenvalue weighted by Gasteiger charge is -1.86. The minimum absolute atomic E-state index is 0. The van der Waals surface area contributed by atoms with Crippen LogP contribution in [0.4, 0.5) is 0 Å². The van der Waals surface area contributed by atoms with Crippen molar-refractivity contribution in [3.05, 3.63) is 73.9 Å². The molecule has 0 bridgehead atoms. The third kappa shape index (κ3) is 48.1. The summed E-state index contributed by atoms with van der Waals surface area (Å²) in [6.45, 7) is 22.8. The molecule has 0 fully saturated rings. The van der Waals surface area contributed by atoms with Gasteiger partial charge in [0, 0.05) is 0 Å². The Morgan fingerprint density at radius 3 is 1.42 bits per heavy atom. The molecule has 112 valence electrons. The van der Waals surface area contributed by atoms with Gasteiger partial charge in [0.25, 0.3) is 0 Å². The summed E-state index contributed by atoms with van der Waals surface area (Å²) < 4.78 is 0. The molecule has 0 N–H and O–H groups in total. The molecule has 0 aliphatic heterocycles. The van der Waals surface area contributed by atoms with E-state index >= 15 is 0 Å². The molecule has 0 aliphatic rings. The summed E-state index contributed by atoms with van der Waals surface area (Å²) in [7, 11) is 0. The van der Waals surface area contributed by atoms with Crippen LogP contribution in [0.2, 0.25) is 0 Å². The van der Waals surface area contributed by atoms with Crippen LogP contribution in [0.25, 0.3) is 0 Å². The highest BCUT2D eigenvalue weighted by Crippen LogP contribution is 1.97. The van der Waals surface area contributed by atoms with Crippen LogP contribution >= 0.6 is 0 Å². The standard InChI is InChI=1S/C10H12.C4H8.2C2H6.CH4/c1-4-7-9-10(6-3)8-5-2;1-3-4-2;2*1-2;/h4-9H,1-3H2;3-4H,1-2H3;2*1-2H3;1H4/b9-7+,10-8+;4-3-;;;. The lowest BCUT2D eigenvalue weighted by Crippen LogP contribution is -1.65. The van der Waals surface area contributed by atoms with Crippen LogP contribution in [-0.2, 0) is 0 Å². The van der Waals surface area contributed by atoms with Crippen molar-refractivity contribution in [1.29, 1.82) is 0 Å². The van der Waals surface area contributed by atoms with Crippen molar-refractivity contribution >= 4 is 0 Å². The molecule has 0 radical (unpaired) electrons. The topological polar surface area (TPSA) is 0 Å². The van der Waals surface area contributed by atoms with Crippen molar-refractivity contribution in [3.8, 4) is 0 Å². The minimum Gasteiger partial charge on any atom is -0.0991 e. The molecule has 0 spiro atoms. The van der Waals surface area contributed by atoms with Crippen molar-refractivity contribution in [1.82, 2.24) is 0 Å². The minimum atomic E-state index is 0. The molecule has 0 aromatic rings. The Morgan fingerprint density at radius 2 is 1.21 bits per heavy atom. The van der Waals surface area contributed by atoms with E-state index in [2.05, 4.69) is 19.7 Å². The van der Waals surface area contributed by atoms with E-state index in [-0.39, 0.29) is 7.43 Å². The summed E-state index contributed by atoms with van der Waals surface area (Å²) in [6, 6.07) is 0. The van der Waals surface area contributed by atoms with Crippen LogP contribution in [0.5, 0.6) is 0 Å². The van der Waals surface area contributed by atoms with Gasteiger partial charge in [0.2, 0.25) is 0 Å². The molecule has 0 aromatic heterocycles. The molecule has 0 saturated heterocycles. The van der Waals surface area contributed by atoms with Crippen molar-refractivity contribution in [3.63, 3.8) is 0 Å². The van der Waals surface area contributed by atoms with Gasteiger partial charge in [-0.05, 0) is 19.4 Å². The van der Waals surface area contributed by atoms with Crippen molar-refractivity contribution in [2.24, 2.45) is 0 Å². The molecule has 0 atom stereocenters. The maximum absolute atomic E-state index is 3.63. The Bertz CT molecular complexity index is 233. The Labute approximate surface area is 123 Å². The van der Waals surface area contributed by atoms with Gasteiger partial charge in [0.05, 0.1) is 0 Å². The highest BCUT2D eigenvalue weighted by Gasteiger charge is 1.77. The lowest BCUT2D eigenvalue weighted by atomic mass is 10.2. The molecule has 0 nitrogen and oxygen atoms in total. The highest BCUT2D eigenvalue weighted by molar-refractivity contribution is 5.33. The zero-order chi connectivity index (χ0) is 15.2. The number of hydrogen-bond donors (Lipinski definition) is 0. The van der Waals surface area contributed by atoms with Gasteiger partial charge in [0.1, 0.15) is 0 Å². The highest BCUT2D eigenvalue weighted by atomic mass is 13.8. The first kappa shape index (κ1) is 30.5. The Hall–Kier alpha value is -1.56. The summed E-state index contributed by atoms with van der Waals surface area (Å²) in [5.41, 5.74) is 1.04. The van der Waals surface area contributed by atoms with Crippen LogP contribution in [0.3, 0.4) is 0 Å². The fraction of sp³-hybridized carbons (Fsp3) is 0.368. The van der Waals surface area contributed by atoms with E-state index in [0.29, 0.717) is 0 Å². The van der Waals surface area contributed by atoms with Gasteiger partial charge in [0.15, 0.2) is 0 Å². The molecule has 0 unspecified atom stereocenters. The molecule has 0 saturated carbocycles. The second-order valence-corrected chi connectivity index (χ2v) is 2.37. The van der Waals surface area contributed by atoms with E-state index in [9.17, 15) is 0 Å². The zero-order valence-corrected chi connectivity index (χ0v) is 13.2. The Morgan fingerprint density at radius 1 is 0.789 bits per heavy atom. The number of rotatable bonds is 4. The Kier molecular flexibility index (Phi) is 70.5. The van der Waals surface area contributed by atoms with Crippen LogP contribution < -0.4 is 0 Å². The number of allylic oxidation sites excluding steroid dienone is 9. The predicted molar refractivity (Wildman–Crippen MR) is 97.7 cm³/mol. The fourth-order valence-electron chi connectivity index (χ4n) is 0.507. The van der Waals surface area contributed by atoms with Crippen LogP contribution in [0.1, 0.15) is 49.0 Å². The number of hydrogen-bond acceptors (Lipinski definition) is 0. The molecule has 0 amide bonds. The average Bonchev–Trinajstić information content (AvgIpc) is 2.48. The van der Waals surface area contributed by atoms with E-state index < -0.39 is 0 Å². The summed E-state index contributed by atoms with van der Waals surface area (Å²) >= 11 is 0. The molecular formula is C19H36. The first-order chi connectivity index (χ1) is 8.76. The smallest absolute Gasteiger partial charge is 0.0263 e. The van der Waals surface area contributed by atoms with Crippen LogP contribution in [0, 0.1) is 0 Å². The molecular weight excluding hydrogens is 228 g/mol. The first-order valence-electron chi connectivity index (χ1n) is 6.58. The molecule has 0 rings (SSSR count). The molecule has 19 heavy (non-hydrogen) atoms. The van der Waals surface area contributed by atoms with Crippen LogP contribution in [-0.4, -0.2) is 0 Å². The lowest BCUT2D eigenvalue weighted by molar-refractivity contribution is 1.50. The summed E-state index contributed by atoms with van der Waals surface area (Å²) in [4.78, 5) is 0. The molecule has 0 heterocycles. The van der Waals surface area contributed by atoms with Gasteiger partial charge in [-0.3, -0.25) is 0 Å². The SMILES string of the molecule is C.C/C=C\C.C=C/C=C/C(C=C)=C/C=C.CC.CC. The van der Waals surface area contributed by atoms with Gasteiger partial charge in [-0.15, -0.1) is 0 Å². The van der Waals surface area contributed by atoms with E-state index in [0.717, 1.165) is 5.57 Å². The summed E-state index contributed by atoms with van der Waals surface area (Å²) in [6.07, 6.45) is 14.9. The third-order valence-corrected chi connectivity index (χ3v) is 1.30. The molecule has 0 aliphatic carbocycles. The maximum Gasteiger partial charge on any atom is -0.0263 e. The van der Waals surface area contributed by atoms with E-state index in [4.69, 9.17) is 0 Å². The van der Waals surface area contributed by atoms with E-state index in [1.807, 2.05) is 71.9 Å². The Balaban J connectivity index is -0.0000000615. The summed E-state index contributed by atoms with van der Waals surface area (Å²) in [5, 5.41) is 0. The largest absolute Gasteiger partial charge is 0.0991 e. The average molecular weight is 264 g/mol. The summed E-state index contributed by atoms with van der Waals surface area (Å²) in [5.74, 6) is 0. The normalized spacial score (nSPS) is 8.63. The van der Waals surface area contributed by atoms with Gasteiger partial charge in [-0.1, -0.05) is 103 Å². The van der Waals surface area contributed by atoms with Gasteiger partial charge in [-0.2, -0.15) is 0 Å². The maximum atomic E-state index is 3.63. The van der Waals surface area contributed by atoms with Crippen molar-refractivity contribution in [2.75, 3.05) is 0 Å². The third-order valence-electron chi connectivity index (χ3n) is 1.30. The second-order valence-electron chi connectivity index (χ2n) is 2.37. The quantitative estimate of drug-likeness (QED) is 0.369. The first-order valence-corrected chi connectivity index (χ1v) is 6.58. The molecule has 0 aromatic carbocycles. The van der Waals surface area contributed by atoms with Gasteiger partial charge >= 0.3 is 0 Å². The van der Waals surface area contributed by atoms with Crippen molar-refractivity contribution < 1.29 is 0 Å². The zero-order valence-electron chi connectivity index (χ0n) is 13.2.